The zero-order valence-corrected chi connectivity index (χ0v) is 10.5. The SMILES string of the molecule is O=C(O)C(=S)Cc1ccc(-c2ccccc2)cc1. The lowest BCUT2D eigenvalue weighted by Gasteiger charge is -2.04. The molecule has 0 heterocycles. The van der Waals surface area contributed by atoms with Crippen LogP contribution in [0, 0.1) is 0 Å². The van der Waals surface area contributed by atoms with Crippen LogP contribution in [-0.4, -0.2) is 15.9 Å². The van der Waals surface area contributed by atoms with E-state index in [1.807, 2.05) is 54.6 Å². The largest absolute Gasteiger partial charge is 0.477 e. The molecule has 0 saturated heterocycles. The first-order valence-electron chi connectivity index (χ1n) is 5.57. The monoisotopic (exact) mass is 256 g/mol. The van der Waals surface area contributed by atoms with E-state index in [-0.39, 0.29) is 4.86 Å². The Morgan fingerprint density at radius 2 is 1.50 bits per heavy atom. The number of hydrogen-bond acceptors (Lipinski definition) is 2. The first kappa shape index (κ1) is 12.5. The summed E-state index contributed by atoms with van der Waals surface area (Å²) in [5.41, 5.74) is 3.17. The summed E-state index contributed by atoms with van der Waals surface area (Å²) >= 11 is 4.79. The maximum Gasteiger partial charge on any atom is 0.342 e. The molecule has 1 N–H and O–H groups in total. The molecule has 0 unspecified atom stereocenters. The summed E-state index contributed by atoms with van der Waals surface area (Å²) in [5.74, 6) is -1.02. The fourth-order valence-electron chi connectivity index (χ4n) is 1.71. The van der Waals surface area contributed by atoms with Gasteiger partial charge in [0.15, 0.2) is 0 Å². The van der Waals surface area contributed by atoms with Gasteiger partial charge >= 0.3 is 5.97 Å². The number of carboxylic acids is 1. The van der Waals surface area contributed by atoms with Gasteiger partial charge in [0.2, 0.25) is 0 Å². The molecule has 0 aliphatic heterocycles. The Hall–Kier alpha value is -2.00. The van der Waals surface area contributed by atoms with E-state index in [0.29, 0.717) is 6.42 Å². The molecule has 0 aliphatic rings. The minimum atomic E-state index is -1.02. The number of aliphatic carboxylic acids is 1. The third-order valence-electron chi connectivity index (χ3n) is 2.66. The molecule has 0 radical (unpaired) electrons. The first-order chi connectivity index (χ1) is 8.66. The van der Waals surface area contributed by atoms with Crippen molar-refractivity contribution in [1.82, 2.24) is 0 Å². The molecule has 90 valence electrons. The van der Waals surface area contributed by atoms with Gasteiger partial charge in [0.05, 0.1) is 0 Å². The Kier molecular flexibility index (Phi) is 3.85. The fourth-order valence-corrected chi connectivity index (χ4v) is 1.87. The van der Waals surface area contributed by atoms with Crippen molar-refractivity contribution in [2.75, 3.05) is 0 Å². The highest BCUT2D eigenvalue weighted by Crippen LogP contribution is 2.19. The molecule has 0 bridgehead atoms. The van der Waals surface area contributed by atoms with Gasteiger partial charge in [-0.2, -0.15) is 0 Å². The van der Waals surface area contributed by atoms with Gasteiger partial charge in [-0.3, -0.25) is 0 Å². The van der Waals surface area contributed by atoms with Crippen LogP contribution in [-0.2, 0) is 11.2 Å². The third-order valence-corrected chi connectivity index (χ3v) is 2.98. The van der Waals surface area contributed by atoms with Crippen molar-refractivity contribution in [2.24, 2.45) is 0 Å². The second-order valence-electron chi connectivity index (χ2n) is 3.97. The molecule has 0 atom stereocenters. The molecule has 0 aromatic heterocycles. The number of benzene rings is 2. The van der Waals surface area contributed by atoms with Crippen LogP contribution in [0.15, 0.2) is 54.6 Å². The van der Waals surface area contributed by atoms with Crippen LogP contribution in [0.2, 0.25) is 0 Å². The van der Waals surface area contributed by atoms with E-state index in [2.05, 4.69) is 0 Å². The topological polar surface area (TPSA) is 37.3 Å². The summed E-state index contributed by atoms with van der Waals surface area (Å²) < 4.78 is 0. The number of carbonyl (C=O) groups is 1. The van der Waals surface area contributed by atoms with Gasteiger partial charge in [-0.05, 0) is 16.7 Å². The van der Waals surface area contributed by atoms with E-state index in [1.54, 1.807) is 0 Å². The molecule has 3 heteroatoms. The Labute approximate surface area is 111 Å². The van der Waals surface area contributed by atoms with Gasteiger partial charge in [0, 0.05) is 6.42 Å². The molecule has 2 rings (SSSR count). The van der Waals surface area contributed by atoms with Crippen molar-refractivity contribution in [3.8, 4) is 11.1 Å². The zero-order valence-electron chi connectivity index (χ0n) is 9.67. The fraction of sp³-hybridized carbons (Fsp3) is 0.0667. The molecule has 0 saturated carbocycles. The molecule has 18 heavy (non-hydrogen) atoms. The Morgan fingerprint density at radius 1 is 0.944 bits per heavy atom. The molecule has 0 fully saturated rings. The first-order valence-corrected chi connectivity index (χ1v) is 5.98. The van der Waals surface area contributed by atoms with Crippen molar-refractivity contribution in [1.29, 1.82) is 0 Å². The van der Waals surface area contributed by atoms with Crippen LogP contribution in [0.4, 0.5) is 0 Å². The van der Waals surface area contributed by atoms with E-state index < -0.39 is 5.97 Å². The van der Waals surface area contributed by atoms with Crippen LogP contribution in [0.1, 0.15) is 5.56 Å². The van der Waals surface area contributed by atoms with E-state index in [1.165, 1.54) is 0 Å². The lowest BCUT2D eigenvalue weighted by atomic mass is 10.0. The molecule has 0 aliphatic carbocycles. The quantitative estimate of drug-likeness (QED) is 0.852. The van der Waals surface area contributed by atoms with E-state index in [4.69, 9.17) is 17.3 Å². The zero-order chi connectivity index (χ0) is 13.0. The molecule has 2 aromatic rings. The summed E-state index contributed by atoms with van der Waals surface area (Å²) in [4.78, 5) is 10.7. The number of carboxylic acid groups (broad SMARTS) is 1. The smallest absolute Gasteiger partial charge is 0.342 e. The van der Waals surface area contributed by atoms with Gasteiger partial charge in [0.1, 0.15) is 4.86 Å². The maximum absolute atomic E-state index is 10.7. The minimum Gasteiger partial charge on any atom is -0.477 e. The normalized spacial score (nSPS) is 10.0. The average Bonchev–Trinajstić information content (AvgIpc) is 2.40. The van der Waals surface area contributed by atoms with Crippen LogP contribution < -0.4 is 0 Å². The van der Waals surface area contributed by atoms with Crippen LogP contribution >= 0.6 is 12.2 Å². The van der Waals surface area contributed by atoms with Gasteiger partial charge in [-0.1, -0.05) is 66.8 Å². The Balaban J connectivity index is 2.16. The van der Waals surface area contributed by atoms with Crippen LogP contribution in [0.25, 0.3) is 11.1 Å². The lowest BCUT2D eigenvalue weighted by Crippen LogP contribution is -2.12. The van der Waals surface area contributed by atoms with Crippen LogP contribution in [0.5, 0.6) is 0 Å². The van der Waals surface area contributed by atoms with Gasteiger partial charge in [-0.15, -0.1) is 0 Å². The number of hydrogen-bond donors (Lipinski definition) is 1. The van der Waals surface area contributed by atoms with Crippen molar-refractivity contribution in [3.63, 3.8) is 0 Å². The highest BCUT2D eigenvalue weighted by molar-refractivity contribution is 7.82. The predicted molar refractivity (Wildman–Crippen MR) is 75.8 cm³/mol. The predicted octanol–water partition coefficient (Wildman–Crippen LogP) is 3.35. The molecule has 0 amide bonds. The maximum atomic E-state index is 10.7. The van der Waals surface area contributed by atoms with E-state index >= 15 is 0 Å². The molecule has 2 nitrogen and oxygen atoms in total. The minimum absolute atomic E-state index is 0.0439. The average molecular weight is 256 g/mol. The van der Waals surface area contributed by atoms with Crippen molar-refractivity contribution in [3.05, 3.63) is 60.2 Å². The van der Waals surface area contributed by atoms with Crippen LogP contribution in [0.3, 0.4) is 0 Å². The Morgan fingerprint density at radius 3 is 2.06 bits per heavy atom. The second-order valence-corrected chi connectivity index (χ2v) is 4.46. The van der Waals surface area contributed by atoms with E-state index in [0.717, 1.165) is 16.7 Å². The summed E-state index contributed by atoms with van der Waals surface area (Å²) in [6.07, 6.45) is 0.305. The van der Waals surface area contributed by atoms with Crippen molar-refractivity contribution < 1.29 is 9.90 Å². The summed E-state index contributed by atoms with van der Waals surface area (Å²) in [6.45, 7) is 0. The number of thiocarbonyl (C=S) groups is 1. The number of rotatable bonds is 4. The molecular weight excluding hydrogens is 244 g/mol. The molecule has 2 aromatic carbocycles. The Bertz CT molecular complexity index is 559. The van der Waals surface area contributed by atoms with Gasteiger partial charge in [-0.25, -0.2) is 4.79 Å². The van der Waals surface area contributed by atoms with Gasteiger partial charge in [0.25, 0.3) is 0 Å². The highest BCUT2D eigenvalue weighted by atomic mass is 32.1. The summed E-state index contributed by atoms with van der Waals surface area (Å²) in [5, 5.41) is 8.73. The molecule has 0 spiro atoms. The van der Waals surface area contributed by atoms with E-state index in [9.17, 15) is 4.79 Å². The third kappa shape index (κ3) is 3.02. The summed E-state index contributed by atoms with van der Waals surface area (Å²) in [7, 11) is 0. The standard InChI is InChI=1S/C15H12O2S/c16-15(17)14(18)10-11-6-8-13(9-7-11)12-4-2-1-3-5-12/h1-9H,10H2,(H,16,17). The highest BCUT2D eigenvalue weighted by Gasteiger charge is 2.07. The second kappa shape index (κ2) is 5.56. The van der Waals surface area contributed by atoms with Crippen molar-refractivity contribution >= 4 is 23.1 Å². The molecular formula is C15H12O2S. The van der Waals surface area contributed by atoms with Crippen molar-refractivity contribution in [2.45, 2.75) is 6.42 Å². The lowest BCUT2D eigenvalue weighted by molar-refractivity contribution is -0.129. The van der Waals surface area contributed by atoms with Gasteiger partial charge < -0.3 is 5.11 Å². The summed E-state index contributed by atoms with van der Waals surface area (Å²) in [6, 6.07) is 17.8.